The maximum atomic E-state index is 12.4. The van der Waals surface area contributed by atoms with Crippen LogP contribution in [0.4, 0.5) is 5.13 Å². The Hall–Kier alpha value is -1.92. The number of carbonyl (C=O) groups is 1. The molecule has 1 heterocycles. The van der Waals surface area contributed by atoms with Crippen molar-refractivity contribution in [2.45, 2.75) is 23.2 Å². The molecule has 4 nitrogen and oxygen atoms in total. The van der Waals surface area contributed by atoms with Gasteiger partial charge in [0.05, 0.1) is 5.75 Å². The van der Waals surface area contributed by atoms with Gasteiger partial charge in [-0.2, -0.15) is 0 Å². The van der Waals surface area contributed by atoms with Gasteiger partial charge in [0.1, 0.15) is 0 Å². The summed E-state index contributed by atoms with van der Waals surface area (Å²) in [5.41, 5.74) is 0.747. The number of Topliss-reactive ketones (excluding diaryl/α,β-unsaturated/α-hetero) is 1. The van der Waals surface area contributed by atoms with Crippen molar-refractivity contribution in [1.82, 2.24) is 10.2 Å². The van der Waals surface area contributed by atoms with Gasteiger partial charge in [-0.3, -0.25) is 4.79 Å². The summed E-state index contributed by atoms with van der Waals surface area (Å²) in [6.45, 7) is 0. The van der Waals surface area contributed by atoms with Crippen LogP contribution >= 0.6 is 23.1 Å². The lowest BCUT2D eigenvalue weighted by Gasteiger charge is -2.02. The third-order valence-electron chi connectivity index (χ3n) is 3.71. The molecule has 0 atom stereocenters. The van der Waals surface area contributed by atoms with E-state index in [1.165, 1.54) is 35.9 Å². The Morgan fingerprint density at radius 3 is 2.83 bits per heavy atom. The lowest BCUT2D eigenvalue weighted by atomic mass is 10.1. The molecule has 1 fully saturated rings. The second-order valence-corrected chi connectivity index (χ2v) is 7.77. The van der Waals surface area contributed by atoms with Crippen LogP contribution in [0.15, 0.2) is 46.8 Å². The number of fused-ring (bicyclic) bond motifs is 1. The predicted molar refractivity (Wildman–Crippen MR) is 95.6 cm³/mol. The lowest BCUT2D eigenvalue weighted by Crippen LogP contribution is -2.02. The number of hydrogen-bond acceptors (Lipinski definition) is 6. The number of anilines is 1. The standard InChI is InChI=1S/C17H15N3OS2/c21-15(13-6-5-11-3-1-2-4-12(11)9-13)10-22-17-20-19-16(23-17)18-14-7-8-14/h1-6,9,14H,7-8,10H2,(H,18,19). The van der Waals surface area contributed by atoms with E-state index in [9.17, 15) is 4.79 Å². The van der Waals surface area contributed by atoms with Gasteiger partial charge in [-0.25, -0.2) is 0 Å². The molecule has 0 bridgehead atoms. The lowest BCUT2D eigenvalue weighted by molar-refractivity contribution is 0.102. The summed E-state index contributed by atoms with van der Waals surface area (Å²) >= 11 is 2.97. The van der Waals surface area contributed by atoms with Gasteiger partial charge in [0.15, 0.2) is 10.1 Å². The molecule has 0 amide bonds. The van der Waals surface area contributed by atoms with Crippen LogP contribution in [0.25, 0.3) is 10.8 Å². The Morgan fingerprint density at radius 1 is 1.17 bits per heavy atom. The molecular weight excluding hydrogens is 326 g/mol. The second kappa shape index (κ2) is 6.29. The average Bonchev–Trinajstić information content (AvgIpc) is 3.28. The van der Waals surface area contributed by atoms with E-state index in [1.54, 1.807) is 0 Å². The Bertz CT molecular complexity index is 858. The maximum absolute atomic E-state index is 12.4. The van der Waals surface area contributed by atoms with Gasteiger partial charge in [0.25, 0.3) is 0 Å². The molecule has 1 aliphatic carbocycles. The van der Waals surface area contributed by atoms with Crippen LogP contribution in [-0.4, -0.2) is 27.8 Å². The van der Waals surface area contributed by atoms with Gasteiger partial charge in [-0.1, -0.05) is 59.5 Å². The number of aromatic nitrogens is 2. The van der Waals surface area contributed by atoms with Gasteiger partial charge in [-0.15, -0.1) is 10.2 Å². The molecule has 2 aromatic carbocycles. The Morgan fingerprint density at radius 2 is 2.00 bits per heavy atom. The zero-order chi connectivity index (χ0) is 15.6. The third-order valence-corrected chi connectivity index (χ3v) is 5.70. The van der Waals surface area contributed by atoms with Crippen LogP contribution in [0.3, 0.4) is 0 Å². The highest BCUT2D eigenvalue weighted by molar-refractivity contribution is 8.01. The second-order valence-electron chi connectivity index (χ2n) is 5.57. The molecule has 1 saturated carbocycles. The van der Waals surface area contributed by atoms with Crippen LogP contribution in [0.1, 0.15) is 23.2 Å². The van der Waals surface area contributed by atoms with Crippen molar-refractivity contribution in [3.8, 4) is 0 Å². The molecule has 0 saturated heterocycles. The van der Waals surface area contributed by atoms with E-state index in [-0.39, 0.29) is 5.78 Å². The molecule has 0 aliphatic heterocycles. The molecule has 6 heteroatoms. The Labute approximate surface area is 142 Å². The monoisotopic (exact) mass is 341 g/mol. The minimum atomic E-state index is 0.118. The minimum Gasteiger partial charge on any atom is -0.357 e. The smallest absolute Gasteiger partial charge is 0.206 e. The molecule has 23 heavy (non-hydrogen) atoms. The molecule has 116 valence electrons. The highest BCUT2D eigenvalue weighted by atomic mass is 32.2. The van der Waals surface area contributed by atoms with Crippen LogP contribution < -0.4 is 5.32 Å². The molecular formula is C17H15N3OS2. The first-order valence-electron chi connectivity index (χ1n) is 7.53. The largest absolute Gasteiger partial charge is 0.357 e. The summed E-state index contributed by atoms with van der Waals surface area (Å²) in [4.78, 5) is 12.4. The number of thioether (sulfide) groups is 1. The first kappa shape index (κ1) is 14.7. The van der Waals surface area contributed by atoms with Crippen LogP contribution in [0.5, 0.6) is 0 Å². The molecule has 1 N–H and O–H groups in total. The highest BCUT2D eigenvalue weighted by Gasteiger charge is 2.22. The van der Waals surface area contributed by atoms with Crippen molar-refractivity contribution < 1.29 is 4.79 Å². The molecule has 0 spiro atoms. The molecule has 0 unspecified atom stereocenters. The summed E-state index contributed by atoms with van der Waals surface area (Å²) in [7, 11) is 0. The number of nitrogens with one attached hydrogen (secondary N) is 1. The zero-order valence-electron chi connectivity index (χ0n) is 12.4. The SMILES string of the molecule is O=C(CSc1nnc(NC2CC2)s1)c1ccc2ccccc2c1. The third kappa shape index (κ3) is 3.54. The summed E-state index contributed by atoms with van der Waals surface area (Å²) in [5.74, 6) is 0.504. The van der Waals surface area contributed by atoms with Gasteiger partial charge >= 0.3 is 0 Å². The molecule has 4 rings (SSSR count). The van der Waals surface area contributed by atoms with Crippen LogP contribution in [-0.2, 0) is 0 Å². The van der Waals surface area contributed by atoms with Crippen molar-refractivity contribution in [3.63, 3.8) is 0 Å². The fourth-order valence-corrected chi connectivity index (χ4v) is 4.03. The number of ketones is 1. The van der Waals surface area contributed by atoms with E-state index in [1.807, 2.05) is 42.5 Å². The van der Waals surface area contributed by atoms with E-state index in [0.717, 1.165) is 25.8 Å². The summed E-state index contributed by atoms with van der Waals surface area (Å²) in [6, 6.07) is 14.5. The zero-order valence-corrected chi connectivity index (χ0v) is 14.0. The fraction of sp³-hybridized carbons (Fsp3) is 0.235. The van der Waals surface area contributed by atoms with E-state index < -0.39 is 0 Å². The van der Waals surface area contributed by atoms with E-state index in [0.29, 0.717) is 11.8 Å². The first-order chi connectivity index (χ1) is 11.3. The number of carbonyl (C=O) groups excluding carboxylic acids is 1. The Balaban J connectivity index is 1.41. The number of benzene rings is 2. The van der Waals surface area contributed by atoms with E-state index >= 15 is 0 Å². The Kier molecular flexibility index (Phi) is 4.01. The number of hydrogen-bond donors (Lipinski definition) is 1. The quantitative estimate of drug-likeness (QED) is 0.537. The fourth-order valence-electron chi connectivity index (χ4n) is 2.30. The minimum absolute atomic E-state index is 0.118. The van der Waals surface area contributed by atoms with Gasteiger partial charge in [0, 0.05) is 11.6 Å². The number of nitrogens with zero attached hydrogens (tertiary/aromatic N) is 2. The van der Waals surface area contributed by atoms with Crippen molar-refractivity contribution in [2.24, 2.45) is 0 Å². The topological polar surface area (TPSA) is 54.9 Å². The van der Waals surface area contributed by atoms with Crippen molar-refractivity contribution >= 4 is 44.8 Å². The van der Waals surface area contributed by atoms with Gasteiger partial charge < -0.3 is 5.32 Å². The van der Waals surface area contributed by atoms with Crippen molar-refractivity contribution in [1.29, 1.82) is 0 Å². The van der Waals surface area contributed by atoms with Crippen LogP contribution in [0, 0.1) is 0 Å². The highest BCUT2D eigenvalue weighted by Crippen LogP contribution is 2.30. The van der Waals surface area contributed by atoms with E-state index in [2.05, 4.69) is 15.5 Å². The van der Waals surface area contributed by atoms with Crippen molar-refractivity contribution in [3.05, 3.63) is 48.0 Å². The van der Waals surface area contributed by atoms with Crippen molar-refractivity contribution in [2.75, 3.05) is 11.1 Å². The molecule has 3 aromatic rings. The normalized spacial score (nSPS) is 14.1. The summed E-state index contributed by atoms with van der Waals surface area (Å²) in [5, 5.41) is 14.7. The molecule has 1 aromatic heterocycles. The average molecular weight is 341 g/mol. The molecule has 0 radical (unpaired) electrons. The number of rotatable bonds is 6. The summed E-state index contributed by atoms with van der Waals surface area (Å²) < 4.78 is 0.835. The summed E-state index contributed by atoms with van der Waals surface area (Å²) in [6.07, 6.45) is 2.42. The first-order valence-corrected chi connectivity index (χ1v) is 9.33. The predicted octanol–water partition coefficient (Wildman–Crippen LogP) is 4.24. The van der Waals surface area contributed by atoms with E-state index in [4.69, 9.17) is 0 Å². The molecule has 1 aliphatic rings. The maximum Gasteiger partial charge on any atom is 0.206 e. The van der Waals surface area contributed by atoms with Crippen LogP contribution in [0.2, 0.25) is 0 Å². The van der Waals surface area contributed by atoms with Gasteiger partial charge in [-0.05, 0) is 29.7 Å². The van der Waals surface area contributed by atoms with Gasteiger partial charge in [0.2, 0.25) is 5.13 Å².